The fourth-order valence-electron chi connectivity index (χ4n) is 1.36. The summed E-state index contributed by atoms with van der Waals surface area (Å²) in [6, 6.07) is 3.15. The molecule has 1 aromatic rings. The van der Waals surface area contributed by atoms with E-state index in [1.165, 1.54) is 6.20 Å². The Morgan fingerprint density at radius 3 is 2.50 bits per heavy atom. The summed E-state index contributed by atoms with van der Waals surface area (Å²) in [6.07, 6.45) is -1.54. The largest absolute Gasteiger partial charge is 0.485 e. The Labute approximate surface area is 104 Å². The summed E-state index contributed by atoms with van der Waals surface area (Å²) in [4.78, 5) is 3.76. The van der Waals surface area contributed by atoms with Gasteiger partial charge in [0.1, 0.15) is 0 Å². The fraction of sp³-hybridized carbons (Fsp3) is 0.583. The molecule has 0 unspecified atom stereocenters. The minimum Gasteiger partial charge on any atom is -0.485 e. The summed E-state index contributed by atoms with van der Waals surface area (Å²) in [5.74, 6) is 0.122. The summed E-state index contributed by atoms with van der Waals surface area (Å²) in [6.45, 7) is 2.52. The van der Waals surface area contributed by atoms with Crippen LogP contribution in [0.1, 0.15) is 26.7 Å². The molecule has 3 nitrogen and oxygen atoms in total. The predicted molar refractivity (Wildman–Crippen MR) is 60.8 cm³/mol. The molecule has 18 heavy (non-hydrogen) atoms. The Kier molecular flexibility index (Phi) is 5.25. The molecule has 0 aromatic carbocycles. The molecule has 0 aliphatic heterocycles. The van der Waals surface area contributed by atoms with Crippen LogP contribution in [0.4, 0.5) is 13.2 Å². The molecular weight excluding hydrogens is 247 g/mol. The van der Waals surface area contributed by atoms with E-state index in [2.05, 4.69) is 9.72 Å². The van der Waals surface area contributed by atoms with E-state index in [1.54, 1.807) is 12.1 Å². The smallest absolute Gasteiger partial charge is 0.422 e. The average molecular weight is 263 g/mol. The number of alkyl halides is 3. The molecular formula is C12H16F3NO2. The highest BCUT2D eigenvalue weighted by Crippen LogP contribution is 2.27. The minimum absolute atomic E-state index is 0.0533. The van der Waals surface area contributed by atoms with E-state index >= 15 is 0 Å². The lowest BCUT2D eigenvalue weighted by molar-refractivity contribution is -0.154. The van der Waals surface area contributed by atoms with E-state index in [4.69, 9.17) is 4.74 Å². The van der Waals surface area contributed by atoms with Gasteiger partial charge in [-0.1, -0.05) is 13.8 Å². The minimum atomic E-state index is -4.39. The number of aromatic nitrogens is 1. The lowest BCUT2D eigenvalue weighted by atomic mass is 10.2. The van der Waals surface area contributed by atoms with Crippen molar-refractivity contribution in [3.63, 3.8) is 0 Å². The first-order valence-corrected chi connectivity index (χ1v) is 5.77. The van der Waals surface area contributed by atoms with E-state index < -0.39 is 12.8 Å². The maximum atomic E-state index is 12.1. The maximum absolute atomic E-state index is 12.1. The SMILES string of the molecule is CCC(CC)Oc1cccnc1OCC(F)(F)F. The second-order valence-electron chi connectivity index (χ2n) is 3.77. The lowest BCUT2D eigenvalue weighted by Crippen LogP contribution is -2.21. The second-order valence-corrected chi connectivity index (χ2v) is 3.77. The first-order valence-electron chi connectivity index (χ1n) is 5.77. The van der Waals surface area contributed by atoms with Crippen LogP contribution in [0.15, 0.2) is 18.3 Å². The number of halogens is 3. The van der Waals surface area contributed by atoms with Crippen molar-refractivity contribution in [2.45, 2.75) is 39.0 Å². The van der Waals surface area contributed by atoms with Gasteiger partial charge in [0.2, 0.25) is 0 Å². The van der Waals surface area contributed by atoms with Crippen LogP contribution in [0.25, 0.3) is 0 Å². The number of pyridine rings is 1. The van der Waals surface area contributed by atoms with Crippen molar-refractivity contribution >= 4 is 0 Å². The van der Waals surface area contributed by atoms with Gasteiger partial charge < -0.3 is 9.47 Å². The molecule has 1 aromatic heterocycles. The van der Waals surface area contributed by atoms with Gasteiger partial charge in [0.15, 0.2) is 12.4 Å². The molecule has 0 fully saturated rings. The van der Waals surface area contributed by atoms with Crippen molar-refractivity contribution in [2.75, 3.05) is 6.61 Å². The van der Waals surface area contributed by atoms with Gasteiger partial charge in [0, 0.05) is 6.20 Å². The molecule has 1 heterocycles. The first-order chi connectivity index (χ1) is 8.46. The van der Waals surface area contributed by atoms with Gasteiger partial charge in [0.25, 0.3) is 5.88 Å². The standard InChI is InChI=1S/C12H16F3NO2/c1-3-9(4-2)18-10-6-5-7-16-11(10)17-8-12(13,14)15/h5-7,9H,3-4,8H2,1-2H3. The van der Waals surface area contributed by atoms with Gasteiger partial charge in [-0.15, -0.1) is 0 Å². The molecule has 0 bridgehead atoms. The topological polar surface area (TPSA) is 31.4 Å². The van der Waals surface area contributed by atoms with Gasteiger partial charge in [-0.05, 0) is 25.0 Å². The van der Waals surface area contributed by atoms with E-state index in [1.807, 2.05) is 13.8 Å². The summed E-state index contributed by atoms with van der Waals surface area (Å²) in [7, 11) is 0. The predicted octanol–water partition coefficient (Wildman–Crippen LogP) is 3.59. The molecule has 0 saturated carbocycles. The molecule has 0 amide bonds. The third-order valence-corrected chi connectivity index (χ3v) is 2.31. The molecule has 1 rings (SSSR count). The van der Waals surface area contributed by atoms with Crippen LogP contribution in [-0.2, 0) is 0 Å². The van der Waals surface area contributed by atoms with Gasteiger partial charge >= 0.3 is 6.18 Å². The van der Waals surface area contributed by atoms with Crippen molar-refractivity contribution in [3.8, 4) is 11.6 Å². The Morgan fingerprint density at radius 1 is 1.28 bits per heavy atom. The Morgan fingerprint density at radius 2 is 1.94 bits per heavy atom. The summed E-state index contributed by atoms with van der Waals surface area (Å²) in [5, 5.41) is 0. The highest BCUT2D eigenvalue weighted by molar-refractivity contribution is 5.32. The van der Waals surface area contributed by atoms with Gasteiger partial charge in [-0.25, -0.2) is 4.98 Å². The molecule has 0 saturated heterocycles. The third-order valence-electron chi connectivity index (χ3n) is 2.31. The molecule has 6 heteroatoms. The van der Waals surface area contributed by atoms with Crippen molar-refractivity contribution in [1.82, 2.24) is 4.98 Å². The number of hydrogen-bond acceptors (Lipinski definition) is 3. The average Bonchev–Trinajstić information content (AvgIpc) is 2.33. The maximum Gasteiger partial charge on any atom is 0.422 e. The fourth-order valence-corrected chi connectivity index (χ4v) is 1.36. The lowest BCUT2D eigenvalue weighted by Gasteiger charge is -2.18. The molecule has 0 spiro atoms. The summed E-state index contributed by atoms with van der Waals surface area (Å²) >= 11 is 0. The summed E-state index contributed by atoms with van der Waals surface area (Å²) < 4.78 is 46.4. The number of ether oxygens (including phenoxy) is 2. The van der Waals surface area contributed by atoms with Crippen LogP contribution < -0.4 is 9.47 Å². The van der Waals surface area contributed by atoms with E-state index in [-0.39, 0.29) is 17.7 Å². The van der Waals surface area contributed by atoms with Gasteiger partial charge in [-0.3, -0.25) is 0 Å². The third kappa shape index (κ3) is 4.81. The molecule has 0 N–H and O–H groups in total. The van der Waals surface area contributed by atoms with E-state index in [9.17, 15) is 13.2 Å². The number of hydrogen-bond donors (Lipinski definition) is 0. The highest BCUT2D eigenvalue weighted by atomic mass is 19.4. The molecule has 102 valence electrons. The molecule has 0 aliphatic rings. The normalized spacial score (nSPS) is 11.7. The van der Waals surface area contributed by atoms with Gasteiger partial charge in [-0.2, -0.15) is 13.2 Å². The van der Waals surface area contributed by atoms with Crippen LogP contribution in [0, 0.1) is 0 Å². The van der Waals surface area contributed by atoms with Crippen LogP contribution in [-0.4, -0.2) is 23.9 Å². The molecule has 0 aliphatic carbocycles. The van der Waals surface area contributed by atoms with Crippen LogP contribution in [0.3, 0.4) is 0 Å². The van der Waals surface area contributed by atoms with Crippen LogP contribution >= 0.6 is 0 Å². The van der Waals surface area contributed by atoms with Crippen molar-refractivity contribution in [1.29, 1.82) is 0 Å². The number of nitrogens with zero attached hydrogens (tertiary/aromatic N) is 1. The zero-order valence-corrected chi connectivity index (χ0v) is 10.3. The summed E-state index contributed by atoms with van der Waals surface area (Å²) in [5.41, 5.74) is 0. The Balaban J connectivity index is 2.73. The van der Waals surface area contributed by atoms with E-state index in [0.717, 1.165) is 12.8 Å². The van der Waals surface area contributed by atoms with Crippen LogP contribution in [0.2, 0.25) is 0 Å². The second kappa shape index (κ2) is 6.47. The number of rotatable bonds is 6. The van der Waals surface area contributed by atoms with E-state index in [0.29, 0.717) is 0 Å². The Hall–Kier alpha value is -1.46. The van der Waals surface area contributed by atoms with Crippen LogP contribution in [0.5, 0.6) is 11.6 Å². The van der Waals surface area contributed by atoms with Gasteiger partial charge in [0.05, 0.1) is 6.10 Å². The zero-order valence-electron chi connectivity index (χ0n) is 10.3. The van der Waals surface area contributed by atoms with Crippen molar-refractivity contribution in [3.05, 3.63) is 18.3 Å². The quantitative estimate of drug-likeness (QED) is 0.786. The molecule has 0 atom stereocenters. The highest BCUT2D eigenvalue weighted by Gasteiger charge is 2.29. The zero-order chi connectivity index (χ0) is 13.6. The first kappa shape index (κ1) is 14.6. The van der Waals surface area contributed by atoms with Crippen molar-refractivity contribution in [2.24, 2.45) is 0 Å². The van der Waals surface area contributed by atoms with Crippen molar-refractivity contribution < 1.29 is 22.6 Å². The Bertz CT molecular complexity index is 365. The molecule has 0 radical (unpaired) electrons. The monoisotopic (exact) mass is 263 g/mol.